The molecule has 1 aliphatic heterocycles. The molecule has 0 spiro atoms. The van der Waals surface area contributed by atoms with Gasteiger partial charge in [0.2, 0.25) is 10.0 Å². The highest BCUT2D eigenvalue weighted by Crippen LogP contribution is 2.41. The topological polar surface area (TPSA) is 77.1 Å². The van der Waals surface area contributed by atoms with E-state index in [1.54, 1.807) is 32.4 Å². The van der Waals surface area contributed by atoms with Crippen molar-refractivity contribution in [3.8, 4) is 17.2 Å². The number of sulfonamides is 1. The third kappa shape index (κ3) is 5.89. The number of nitrogens with zero attached hydrogens (tertiary/aromatic N) is 1. The lowest BCUT2D eigenvalue weighted by atomic mass is 9.86. The van der Waals surface area contributed by atoms with E-state index in [2.05, 4.69) is 9.62 Å². The largest absolute Gasteiger partial charge is 0.497 e. The molecule has 2 unspecified atom stereocenters. The number of benzene rings is 3. The van der Waals surface area contributed by atoms with Crippen molar-refractivity contribution in [1.29, 1.82) is 0 Å². The molecule has 4 rings (SSSR count). The molecule has 0 bridgehead atoms. The van der Waals surface area contributed by atoms with Crippen LogP contribution in [0.25, 0.3) is 0 Å². The predicted octanol–water partition coefficient (Wildman–Crippen LogP) is 4.71. The summed E-state index contributed by atoms with van der Waals surface area (Å²) in [5.74, 6) is 1.48. The fraction of sp³-hybridized carbons (Fsp3) is 0.357. The molecule has 0 saturated heterocycles. The van der Waals surface area contributed by atoms with Crippen LogP contribution in [0.4, 0.5) is 4.39 Å². The van der Waals surface area contributed by atoms with E-state index in [-0.39, 0.29) is 16.8 Å². The lowest BCUT2D eigenvalue weighted by Gasteiger charge is -2.42. The Morgan fingerprint density at radius 2 is 1.70 bits per heavy atom. The Morgan fingerprint density at radius 3 is 2.32 bits per heavy atom. The summed E-state index contributed by atoms with van der Waals surface area (Å²) in [5.41, 5.74) is 2.85. The van der Waals surface area contributed by atoms with Crippen molar-refractivity contribution in [2.24, 2.45) is 0 Å². The zero-order valence-electron chi connectivity index (χ0n) is 21.5. The number of hydrogen-bond donors (Lipinski definition) is 1. The smallest absolute Gasteiger partial charge is 0.240 e. The van der Waals surface area contributed by atoms with Gasteiger partial charge < -0.3 is 14.2 Å². The third-order valence-corrected chi connectivity index (χ3v) is 8.30. The van der Waals surface area contributed by atoms with Crippen LogP contribution in [0, 0.1) is 5.82 Å². The molecule has 3 aromatic carbocycles. The van der Waals surface area contributed by atoms with Crippen LogP contribution in [0.2, 0.25) is 0 Å². The second-order valence-electron chi connectivity index (χ2n) is 9.01. The van der Waals surface area contributed by atoms with Crippen LogP contribution in [-0.2, 0) is 23.0 Å². The lowest BCUT2D eigenvalue weighted by Crippen LogP contribution is -2.48. The molecule has 1 heterocycles. The Morgan fingerprint density at radius 1 is 1.00 bits per heavy atom. The molecule has 1 aliphatic rings. The maximum absolute atomic E-state index is 14.0. The van der Waals surface area contributed by atoms with E-state index in [1.165, 1.54) is 31.4 Å². The first-order valence-electron chi connectivity index (χ1n) is 12.2. The van der Waals surface area contributed by atoms with Crippen LogP contribution in [0.15, 0.2) is 65.6 Å². The maximum Gasteiger partial charge on any atom is 0.240 e. The normalized spacial score (nSPS) is 16.6. The van der Waals surface area contributed by atoms with Gasteiger partial charge in [0.05, 0.1) is 32.3 Å². The van der Waals surface area contributed by atoms with Gasteiger partial charge in [0.15, 0.2) is 11.5 Å². The van der Waals surface area contributed by atoms with Crippen LogP contribution in [-0.4, -0.2) is 47.2 Å². The standard InChI is InChI=1S/C28H33FN2O5S/c1-5-25(30-37(32,33)23-11-9-22(34-2)10-12-23)28-24-17-27(36-4)26(35-3)16-20(24)13-14-31(28)18-19-7-6-8-21(29)15-19/h6-12,15-17,25,28,30H,5,13-14,18H2,1-4H3. The number of nitrogens with one attached hydrogen (secondary N) is 1. The number of rotatable bonds is 10. The molecule has 0 radical (unpaired) electrons. The fourth-order valence-electron chi connectivity index (χ4n) is 4.94. The van der Waals surface area contributed by atoms with Crippen molar-refractivity contribution >= 4 is 10.0 Å². The molecule has 0 amide bonds. The Labute approximate surface area is 218 Å². The summed E-state index contributed by atoms with van der Waals surface area (Å²) in [5, 5.41) is 0. The highest BCUT2D eigenvalue weighted by molar-refractivity contribution is 7.89. The number of ether oxygens (including phenoxy) is 3. The van der Waals surface area contributed by atoms with E-state index in [4.69, 9.17) is 14.2 Å². The minimum Gasteiger partial charge on any atom is -0.497 e. The van der Waals surface area contributed by atoms with Gasteiger partial charge in [0, 0.05) is 19.1 Å². The zero-order chi connectivity index (χ0) is 26.6. The van der Waals surface area contributed by atoms with Gasteiger partial charge in [-0.1, -0.05) is 19.1 Å². The van der Waals surface area contributed by atoms with Crippen molar-refractivity contribution in [2.75, 3.05) is 27.9 Å². The highest BCUT2D eigenvalue weighted by Gasteiger charge is 2.36. The summed E-state index contributed by atoms with van der Waals surface area (Å²) in [6.07, 6.45) is 1.27. The number of methoxy groups -OCH3 is 3. The first-order valence-corrected chi connectivity index (χ1v) is 13.7. The highest BCUT2D eigenvalue weighted by atomic mass is 32.2. The zero-order valence-corrected chi connectivity index (χ0v) is 22.3. The number of halogens is 1. The Balaban J connectivity index is 1.75. The first-order chi connectivity index (χ1) is 17.8. The summed E-state index contributed by atoms with van der Waals surface area (Å²) in [4.78, 5) is 2.36. The maximum atomic E-state index is 14.0. The molecule has 0 fully saturated rings. The fourth-order valence-corrected chi connectivity index (χ4v) is 6.26. The van der Waals surface area contributed by atoms with Crippen molar-refractivity contribution in [3.63, 3.8) is 0 Å². The monoisotopic (exact) mass is 528 g/mol. The minimum absolute atomic E-state index is 0.159. The van der Waals surface area contributed by atoms with Crippen molar-refractivity contribution < 1.29 is 27.0 Å². The minimum atomic E-state index is -3.83. The van der Waals surface area contributed by atoms with E-state index in [0.29, 0.717) is 36.8 Å². The Hall–Kier alpha value is -3.14. The van der Waals surface area contributed by atoms with Gasteiger partial charge in [-0.2, -0.15) is 0 Å². The molecule has 37 heavy (non-hydrogen) atoms. The van der Waals surface area contributed by atoms with Gasteiger partial charge in [0.1, 0.15) is 11.6 Å². The molecule has 0 aliphatic carbocycles. The van der Waals surface area contributed by atoms with Crippen LogP contribution in [0.3, 0.4) is 0 Å². The summed E-state index contributed by atoms with van der Waals surface area (Å²) < 4.78 is 60.0. The predicted molar refractivity (Wildman–Crippen MR) is 140 cm³/mol. The summed E-state index contributed by atoms with van der Waals surface area (Å²) >= 11 is 0. The summed E-state index contributed by atoms with van der Waals surface area (Å²) in [6, 6.07) is 15.9. The van der Waals surface area contributed by atoms with Gasteiger partial charge in [-0.3, -0.25) is 4.90 Å². The molecule has 3 aromatic rings. The van der Waals surface area contributed by atoms with Crippen LogP contribution >= 0.6 is 0 Å². The van der Waals surface area contributed by atoms with E-state index in [0.717, 1.165) is 23.1 Å². The second-order valence-corrected chi connectivity index (χ2v) is 10.7. The molecule has 0 aromatic heterocycles. The van der Waals surface area contributed by atoms with Crippen LogP contribution in [0.1, 0.15) is 36.1 Å². The number of hydrogen-bond acceptors (Lipinski definition) is 6. The van der Waals surface area contributed by atoms with Crippen LogP contribution < -0.4 is 18.9 Å². The Kier molecular flexibility index (Phi) is 8.36. The number of fused-ring (bicyclic) bond motifs is 1. The SMILES string of the molecule is CCC(NS(=O)(=O)c1ccc(OC)cc1)C1c2cc(OC)c(OC)cc2CCN1Cc1cccc(F)c1. The van der Waals surface area contributed by atoms with Gasteiger partial charge in [-0.25, -0.2) is 17.5 Å². The molecule has 9 heteroatoms. The molecular weight excluding hydrogens is 495 g/mol. The van der Waals surface area contributed by atoms with Gasteiger partial charge >= 0.3 is 0 Å². The van der Waals surface area contributed by atoms with E-state index in [1.807, 2.05) is 25.1 Å². The average Bonchev–Trinajstić information content (AvgIpc) is 2.91. The van der Waals surface area contributed by atoms with Crippen molar-refractivity contribution in [3.05, 3.63) is 83.2 Å². The van der Waals surface area contributed by atoms with Crippen LogP contribution in [0.5, 0.6) is 17.2 Å². The van der Waals surface area contributed by atoms with E-state index in [9.17, 15) is 12.8 Å². The van der Waals surface area contributed by atoms with Crippen molar-refractivity contribution in [2.45, 2.75) is 43.3 Å². The van der Waals surface area contributed by atoms with Gasteiger partial charge in [-0.15, -0.1) is 0 Å². The molecular formula is C28H33FN2O5S. The second kappa shape index (κ2) is 11.5. The third-order valence-electron chi connectivity index (χ3n) is 6.80. The van der Waals surface area contributed by atoms with Gasteiger partial charge in [0.25, 0.3) is 0 Å². The summed E-state index contributed by atoms with van der Waals surface area (Å²) in [6.45, 7) is 3.10. The average molecular weight is 529 g/mol. The molecule has 1 N–H and O–H groups in total. The van der Waals surface area contributed by atoms with E-state index >= 15 is 0 Å². The first kappa shape index (κ1) is 26.9. The lowest BCUT2D eigenvalue weighted by molar-refractivity contribution is 0.143. The van der Waals surface area contributed by atoms with Crippen molar-refractivity contribution in [1.82, 2.24) is 9.62 Å². The van der Waals surface area contributed by atoms with E-state index < -0.39 is 16.1 Å². The summed E-state index contributed by atoms with van der Waals surface area (Å²) in [7, 11) is 0.881. The Bertz CT molecular complexity index is 1330. The molecule has 198 valence electrons. The molecule has 0 saturated carbocycles. The molecule has 7 nitrogen and oxygen atoms in total. The van der Waals surface area contributed by atoms with Gasteiger partial charge in [-0.05, 0) is 78.1 Å². The molecule has 2 atom stereocenters. The quantitative estimate of drug-likeness (QED) is 0.411.